The molecule has 1 saturated heterocycles. The smallest absolute Gasteiger partial charge is 0.234 e. The van der Waals surface area contributed by atoms with Gasteiger partial charge in [0.25, 0.3) is 0 Å². The Balaban J connectivity index is 0.00000420. The van der Waals surface area contributed by atoms with Crippen LogP contribution in [-0.2, 0) is 11.2 Å². The Morgan fingerprint density at radius 1 is 1.21 bits per heavy atom. The minimum Gasteiger partial charge on any atom is -0.357 e. The number of amides is 1. The summed E-state index contributed by atoms with van der Waals surface area (Å²) in [7, 11) is 0. The minimum absolute atomic E-state index is 0. The summed E-state index contributed by atoms with van der Waals surface area (Å²) in [4.78, 5) is 20.8. The average molecular weight is 523 g/mol. The Kier molecular flexibility index (Phi) is 11.4. The van der Waals surface area contributed by atoms with E-state index in [4.69, 9.17) is 0 Å². The number of halogens is 3. The second-order valence-corrected chi connectivity index (χ2v) is 7.21. The van der Waals surface area contributed by atoms with Gasteiger partial charge >= 0.3 is 0 Å². The molecule has 0 atom stereocenters. The first-order valence-electron chi connectivity index (χ1n) is 9.88. The number of hydrogen-bond donors (Lipinski definition) is 2. The van der Waals surface area contributed by atoms with Gasteiger partial charge in [-0.1, -0.05) is 6.07 Å². The van der Waals surface area contributed by atoms with Crippen molar-refractivity contribution in [2.24, 2.45) is 4.99 Å². The highest BCUT2D eigenvalue weighted by molar-refractivity contribution is 14.0. The van der Waals surface area contributed by atoms with E-state index in [0.717, 1.165) is 44.7 Å². The number of nitrogens with one attached hydrogen (secondary N) is 2. The summed E-state index contributed by atoms with van der Waals surface area (Å²) in [6, 6.07) is 3.78. The van der Waals surface area contributed by atoms with Crippen molar-refractivity contribution in [3.05, 3.63) is 35.4 Å². The molecule has 1 aromatic rings. The van der Waals surface area contributed by atoms with E-state index in [1.54, 1.807) is 0 Å². The molecule has 29 heavy (non-hydrogen) atoms. The van der Waals surface area contributed by atoms with Crippen molar-refractivity contribution in [2.75, 3.05) is 45.8 Å². The lowest BCUT2D eigenvalue weighted by Crippen LogP contribution is -2.54. The lowest BCUT2D eigenvalue weighted by molar-refractivity contribution is -0.123. The molecule has 1 fully saturated rings. The van der Waals surface area contributed by atoms with Gasteiger partial charge in [-0.25, -0.2) is 8.78 Å². The van der Waals surface area contributed by atoms with Crippen LogP contribution in [0.2, 0.25) is 0 Å². The minimum atomic E-state index is -0.571. The summed E-state index contributed by atoms with van der Waals surface area (Å²) >= 11 is 0. The molecule has 0 radical (unpaired) electrons. The fourth-order valence-electron chi connectivity index (χ4n) is 3.12. The van der Waals surface area contributed by atoms with Crippen molar-refractivity contribution < 1.29 is 13.6 Å². The number of carbonyl (C=O) groups is 1. The largest absolute Gasteiger partial charge is 0.357 e. The third-order valence-corrected chi connectivity index (χ3v) is 4.48. The van der Waals surface area contributed by atoms with Crippen LogP contribution >= 0.6 is 24.0 Å². The summed E-state index contributed by atoms with van der Waals surface area (Å²) in [5.74, 6) is -0.270. The molecular weight excluding hydrogens is 491 g/mol. The van der Waals surface area contributed by atoms with Crippen LogP contribution in [0.4, 0.5) is 8.78 Å². The monoisotopic (exact) mass is 523 g/mol. The number of hydrogen-bond acceptors (Lipinski definition) is 3. The number of carbonyl (C=O) groups excluding carboxylic acids is 1. The molecular formula is C20H32F2IN5O. The molecule has 0 saturated carbocycles. The number of piperazine rings is 1. The summed E-state index contributed by atoms with van der Waals surface area (Å²) in [6.45, 7) is 10.6. The molecule has 164 valence electrons. The molecule has 0 aromatic heterocycles. The van der Waals surface area contributed by atoms with Gasteiger partial charge in [-0.05, 0) is 38.8 Å². The van der Waals surface area contributed by atoms with Crippen molar-refractivity contribution in [1.82, 2.24) is 20.4 Å². The molecule has 9 heteroatoms. The van der Waals surface area contributed by atoms with Crippen LogP contribution in [0.25, 0.3) is 0 Å². The normalized spacial score (nSPS) is 15.2. The zero-order chi connectivity index (χ0) is 20.5. The van der Waals surface area contributed by atoms with Gasteiger partial charge in [0, 0.05) is 51.4 Å². The van der Waals surface area contributed by atoms with E-state index in [1.165, 1.54) is 12.1 Å². The molecule has 0 aliphatic carbocycles. The standard InChI is InChI=1S/C20H31F2N5O.HI/c1-4-23-20(24-8-7-16-5-6-17(21)13-18(16)22)27-11-9-26(10-12-27)14-19(28)25-15(2)3;/h5-6,13,15H,4,7-12,14H2,1-3H3,(H,23,24)(H,25,28);1H. The highest BCUT2D eigenvalue weighted by Gasteiger charge is 2.21. The average Bonchev–Trinajstić information content (AvgIpc) is 2.62. The Hall–Kier alpha value is -1.49. The quantitative estimate of drug-likeness (QED) is 0.327. The van der Waals surface area contributed by atoms with Gasteiger partial charge < -0.3 is 15.5 Å². The van der Waals surface area contributed by atoms with Crippen molar-refractivity contribution in [2.45, 2.75) is 33.2 Å². The third-order valence-electron chi connectivity index (χ3n) is 4.48. The second-order valence-electron chi connectivity index (χ2n) is 7.21. The lowest BCUT2D eigenvalue weighted by atomic mass is 10.1. The fraction of sp³-hybridized carbons (Fsp3) is 0.600. The van der Waals surface area contributed by atoms with Crippen LogP contribution in [-0.4, -0.2) is 73.5 Å². The molecule has 0 spiro atoms. The van der Waals surface area contributed by atoms with Crippen LogP contribution in [0.1, 0.15) is 26.3 Å². The predicted octanol–water partition coefficient (Wildman–Crippen LogP) is 2.23. The van der Waals surface area contributed by atoms with Gasteiger partial charge in [0.2, 0.25) is 5.91 Å². The van der Waals surface area contributed by atoms with Gasteiger partial charge in [-0.3, -0.25) is 14.7 Å². The van der Waals surface area contributed by atoms with Crippen LogP contribution < -0.4 is 10.6 Å². The number of guanidine groups is 1. The zero-order valence-corrected chi connectivity index (χ0v) is 19.7. The number of benzene rings is 1. The number of nitrogens with zero attached hydrogens (tertiary/aromatic N) is 3. The van der Waals surface area contributed by atoms with Crippen molar-refractivity contribution in [1.29, 1.82) is 0 Å². The van der Waals surface area contributed by atoms with Crippen molar-refractivity contribution in [3.8, 4) is 0 Å². The van der Waals surface area contributed by atoms with Gasteiger partial charge in [-0.2, -0.15) is 0 Å². The maximum absolute atomic E-state index is 13.8. The first-order valence-corrected chi connectivity index (χ1v) is 9.88. The number of aliphatic imine (C=N–C) groups is 1. The van der Waals surface area contributed by atoms with Gasteiger partial charge in [0.15, 0.2) is 5.96 Å². The molecule has 1 aliphatic heterocycles. The van der Waals surface area contributed by atoms with E-state index in [9.17, 15) is 13.6 Å². The number of rotatable bonds is 7. The maximum atomic E-state index is 13.8. The van der Waals surface area contributed by atoms with E-state index < -0.39 is 11.6 Å². The molecule has 1 amide bonds. The summed E-state index contributed by atoms with van der Waals surface area (Å²) in [5, 5.41) is 6.18. The lowest BCUT2D eigenvalue weighted by Gasteiger charge is -2.36. The Morgan fingerprint density at radius 3 is 2.48 bits per heavy atom. The third kappa shape index (κ3) is 8.81. The molecule has 2 N–H and O–H groups in total. The van der Waals surface area contributed by atoms with Crippen LogP contribution in [0.5, 0.6) is 0 Å². The van der Waals surface area contributed by atoms with E-state index in [2.05, 4.69) is 25.4 Å². The first-order chi connectivity index (χ1) is 13.4. The maximum Gasteiger partial charge on any atom is 0.234 e. The van der Waals surface area contributed by atoms with E-state index in [-0.39, 0.29) is 35.9 Å². The van der Waals surface area contributed by atoms with Crippen LogP contribution in [0, 0.1) is 11.6 Å². The van der Waals surface area contributed by atoms with E-state index >= 15 is 0 Å². The summed E-state index contributed by atoms with van der Waals surface area (Å²) in [6.07, 6.45) is 0.413. The van der Waals surface area contributed by atoms with Crippen molar-refractivity contribution >= 4 is 35.8 Å². The highest BCUT2D eigenvalue weighted by Crippen LogP contribution is 2.10. The van der Waals surface area contributed by atoms with E-state index in [0.29, 0.717) is 25.1 Å². The SMILES string of the molecule is CCNC(=NCCc1ccc(F)cc1F)N1CCN(CC(=O)NC(C)C)CC1.I. The highest BCUT2D eigenvalue weighted by atomic mass is 127. The Bertz CT molecular complexity index is 679. The molecule has 2 rings (SSSR count). The Labute approximate surface area is 189 Å². The summed E-state index contributed by atoms with van der Waals surface area (Å²) in [5.41, 5.74) is 0.460. The van der Waals surface area contributed by atoms with Crippen LogP contribution in [0.15, 0.2) is 23.2 Å². The Morgan fingerprint density at radius 2 is 1.90 bits per heavy atom. The topological polar surface area (TPSA) is 60.0 Å². The zero-order valence-electron chi connectivity index (χ0n) is 17.4. The predicted molar refractivity (Wildman–Crippen MR) is 123 cm³/mol. The molecule has 1 heterocycles. The molecule has 0 unspecified atom stereocenters. The van der Waals surface area contributed by atoms with Gasteiger partial charge in [0.05, 0.1) is 6.54 Å². The molecule has 6 nitrogen and oxygen atoms in total. The van der Waals surface area contributed by atoms with E-state index in [1.807, 2.05) is 20.8 Å². The second kappa shape index (κ2) is 12.9. The molecule has 1 aliphatic rings. The van der Waals surface area contributed by atoms with Crippen molar-refractivity contribution in [3.63, 3.8) is 0 Å². The molecule has 1 aromatic carbocycles. The van der Waals surface area contributed by atoms with Crippen LogP contribution in [0.3, 0.4) is 0 Å². The summed E-state index contributed by atoms with van der Waals surface area (Å²) < 4.78 is 26.8. The van der Waals surface area contributed by atoms with Gasteiger partial charge in [-0.15, -0.1) is 24.0 Å². The van der Waals surface area contributed by atoms with Gasteiger partial charge in [0.1, 0.15) is 11.6 Å². The fourth-order valence-corrected chi connectivity index (χ4v) is 3.12. The first kappa shape index (κ1) is 25.5. The molecule has 0 bridgehead atoms.